The van der Waals surface area contributed by atoms with Gasteiger partial charge in [-0.1, -0.05) is 36.2 Å². The van der Waals surface area contributed by atoms with Crippen molar-refractivity contribution < 1.29 is 14.7 Å². The monoisotopic (exact) mass is 329 g/mol. The normalized spacial score (nSPS) is 17.6. The first-order chi connectivity index (χ1) is 9.91. The quantitative estimate of drug-likeness (QED) is 0.919. The molecule has 1 amide bonds. The zero-order valence-corrected chi connectivity index (χ0v) is 13.2. The van der Waals surface area contributed by atoms with Crippen LogP contribution in [0.2, 0.25) is 10.0 Å². The first-order valence-electron chi connectivity index (χ1n) is 6.88. The Morgan fingerprint density at radius 3 is 2.19 bits per heavy atom. The van der Waals surface area contributed by atoms with Crippen molar-refractivity contribution in [3.05, 3.63) is 33.8 Å². The van der Waals surface area contributed by atoms with Crippen LogP contribution in [0.15, 0.2) is 18.2 Å². The fourth-order valence-corrected chi connectivity index (χ4v) is 3.28. The molecule has 1 saturated heterocycles. The van der Waals surface area contributed by atoms with Gasteiger partial charge in [-0.2, -0.15) is 0 Å². The summed E-state index contributed by atoms with van der Waals surface area (Å²) in [6, 6.07) is 4.93. The summed E-state index contributed by atoms with van der Waals surface area (Å²) < 4.78 is 0. The van der Waals surface area contributed by atoms with Crippen molar-refractivity contribution in [2.24, 2.45) is 5.41 Å². The lowest BCUT2D eigenvalue weighted by Gasteiger charge is -2.38. The van der Waals surface area contributed by atoms with E-state index in [-0.39, 0.29) is 5.91 Å². The summed E-state index contributed by atoms with van der Waals surface area (Å²) >= 11 is 12.1. The highest BCUT2D eigenvalue weighted by Crippen LogP contribution is 2.36. The molecule has 2 rings (SSSR count). The molecule has 1 aromatic carbocycles. The summed E-state index contributed by atoms with van der Waals surface area (Å²) in [5.74, 6) is -1.02. The molecular formula is C15H17Cl2NO3. The minimum atomic E-state index is -0.784. The number of rotatable bonds is 3. The van der Waals surface area contributed by atoms with Gasteiger partial charge >= 0.3 is 5.97 Å². The predicted octanol–water partition coefficient (Wildman–Crippen LogP) is 3.71. The van der Waals surface area contributed by atoms with Crippen LogP contribution in [0.3, 0.4) is 0 Å². The Kier molecular flexibility index (Phi) is 4.79. The van der Waals surface area contributed by atoms with Crippen LogP contribution in [0.1, 0.15) is 36.5 Å². The van der Waals surface area contributed by atoms with E-state index in [4.69, 9.17) is 23.2 Å². The van der Waals surface area contributed by atoms with E-state index in [1.807, 2.05) is 6.92 Å². The van der Waals surface area contributed by atoms with Gasteiger partial charge in [-0.3, -0.25) is 9.59 Å². The van der Waals surface area contributed by atoms with Crippen LogP contribution in [0.5, 0.6) is 0 Å². The molecule has 0 unspecified atom stereocenters. The Bertz CT molecular complexity index is 546. The second kappa shape index (κ2) is 6.24. The van der Waals surface area contributed by atoms with Gasteiger partial charge in [0.05, 0.1) is 21.0 Å². The molecule has 1 aliphatic rings. The third-order valence-corrected chi connectivity index (χ3v) is 4.94. The lowest BCUT2D eigenvalue weighted by Crippen LogP contribution is -2.46. The van der Waals surface area contributed by atoms with E-state index >= 15 is 0 Å². The number of carbonyl (C=O) groups excluding carboxylic acids is 1. The fourth-order valence-electron chi connectivity index (χ4n) is 2.72. The standard InChI is InChI=1S/C15H17Cl2NO3/c1-2-15(14(20)21)6-8-18(9-7-15)13(19)12-10(16)4-3-5-11(12)17/h3-5H,2,6-9H2,1H3,(H,20,21). The molecule has 0 aliphatic carbocycles. The number of carboxylic acid groups (broad SMARTS) is 1. The van der Waals surface area contributed by atoms with Crippen molar-refractivity contribution >= 4 is 35.1 Å². The van der Waals surface area contributed by atoms with Crippen molar-refractivity contribution in [2.45, 2.75) is 26.2 Å². The second-order valence-corrected chi connectivity index (χ2v) is 6.14. The molecule has 0 spiro atoms. The van der Waals surface area contributed by atoms with Gasteiger partial charge in [-0.15, -0.1) is 0 Å². The van der Waals surface area contributed by atoms with Gasteiger partial charge in [0.1, 0.15) is 0 Å². The smallest absolute Gasteiger partial charge is 0.309 e. The van der Waals surface area contributed by atoms with Crippen molar-refractivity contribution in [1.29, 1.82) is 0 Å². The maximum Gasteiger partial charge on any atom is 0.309 e. The lowest BCUT2D eigenvalue weighted by atomic mass is 9.76. The van der Waals surface area contributed by atoms with Gasteiger partial charge in [0.2, 0.25) is 0 Å². The van der Waals surface area contributed by atoms with Crippen LogP contribution in [0, 0.1) is 5.41 Å². The third kappa shape index (κ3) is 3.01. The Morgan fingerprint density at radius 2 is 1.76 bits per heavy atom. The third-order valence-electron chi connectivity index (χ3n) is 4.31. The molecule has 114 valence electrons. The van der Waals surface area contributed by atoms with Gasteiger partial charge in [0.15, 0.2) is 0 Å². The minimum Gasteiger partial charge on any atom is -0.481 e. The Morgan fingerprint density at radius 1 is 1.24 bits per heavy atom. The highest BCUT2D eigenvalue weighted by Gasteiger charge is 2.41. The van der Waals surface area contributed by atoms with Gasteiger partial charge in [-0.05, 0) is 31.4 Å². The largest absolute Gasteiger partial charge is 0.481 e. The van der Waals surface area contributed by atoms with Crippen molar-refractivity contribution in [3.8, 4) is 0 Å². The van der Waals surface area contributed by atoms with Crippen LogP contribution < -0.4 is 0 Å². The second-order valence-electron chi connectivity index (χ2n) is 5.33. The number of likely N-dealkylation sites (tertiary alicyclic amines) is 1. The number of amides is 1. The van der Waals surface area contributed by atoms with E-state index < -0.39 is 11.4 Å². The summed E-state index contributed by atoms with van der Waals surface area (Å²) in [5, 5.41) is 10.0. The number of carbonyl (C=O) groups is 2. The fraction of sp³-hybridized carbons (Fsp3) is 0.467. The maximum absolute atomic E-state index is 12.5. The summed E-state index contributed by atoms with van der Waals surface area (Å²) in [7, 11) is 0. The van der Waals surface area contributed by atoms with Crippen molar-refractivity contribution in [1.82, 2.24) is 4.90 Å². The first-order valence-corrected chi connectivity index (χ1v) is 7.63. The van der Waals surface area contributed by atoms with Crippen LogP contribution in [-0.4, -0.2) is 35.0 Å². The molecule has 1 aliphatic heterocycles. The molecule has 0 radical (unpaired) electrons. The zero-order valence-electron chi connectivity index (χ0n) is 11.7. The molecule has 1 fully saturated rings. The summed E-state index contributed by atoms with van der Waals surface area (Å²) in [5.41, 5.74) is -0.429. The topological polar surface area (TPSA) is 57.6 Å². The first kappa shape index (κ1) is 16.1. The number of hydrogen-bond donors (Lipinski definition) is 1. The number of piperidine rings is 1. The number of carboxylic acids is 1. The maximum atomic E-state index is 12.5. The Balaban J connectivity index is 2.16. The molecule has 1 N–H and O–H groups in total. The predicted molar refractivity (Wildman–Crippen MR) is 82.0 cm³/mol. The lowest BCUT2D eigenvalue weighted by molar-refractivity contribution is -0.152. The highest BCUT2D eigenvalue weighted by atomic mass is 35.5. The molecule has 0 bridgehead atoms. The number of hydrogen-bond acceptors (Lipinski definition) is 2. The van der Waals surface area contributed by atoms with Gasteiger partial charge in [0.25, 0.3) is 5.91 Å². The zero-order chi connectivity index (χ0) is 15.6. The van der Waals surface area contributed by atoms with E-state index in [9.17, 15) is 14.7 Å². The van der Waals surface area contributed by atoms with Crippen LogP contribution in [-0.2, 0) is 4.79 Å². The van der Waals surface area contributed by atoms with Gasteiger partial charge < -0.3 is 10.0 Å². The number of halogens is 2. The van der Waals surface area contributed by atoms with E-state index in [2.05, 4.69) is 0 Å². The van der Waals surface area contributed by atoms with E-state index in [0.29, 0.717) is 48.0 Å². The molecule has 1 heterocycles. The summed E-state index contributed by atoms with van der Waals surface area (Å²) in [6.07, 6.45) is 1.47. The Labute approximate surface area is 133 Å². The molecule has 0 aromatic heterocycles. The Hall–Kier alpha value is -1.26. The highest BCUT2D eigenvalue weighted by molar-refractivity contribution is 6.39. The number of benzene rings is 1. The van der Waals surface area contributed by atoms with E-state index in [1.165, 1.54) is 0 Å². The van der Waals surface area contributed by atoms with E-state index in [0.717, 1.165) is 0 Å². The molecule has 4 nitrogen and oxygen atoms in total. The average Bonchev–Trinajstić information content (AvgIpc) is 2.46. The molecule has 21 heavy (non-hydrogen) atoms. The minimum absolute atomic E-state index is 0.235. The van der Waals surface area contributed by atoms with Crippen LogP contribution in [0.25, 0.3) is 0 Å². The number of nitrogens with zero attached hydrogens (tertiary/aromatic N) is 1. The molecule has 0 saturated carbocycles. The molecule has 0 atom stereocenters. The van der Waals surface area contributed by atoms with Crippen LogP contribution in [0.4, 0.5) is 0 Å². The van der Waals surface area contributed by atoms with Gasteiger partial charge in [0, 0.05) is 13.1 Å². The van der Waals surface area contributed by atoms with Crippen LogP contribution >= 0.6 is 23.2 Å². The van der Waals surface area contributed by atoms with E-state index in [1.54, 1.807) is 23.1 Å². The molecule has 1 aromatic rings. The van der Waals surface area contributed by atoms with Crippen molar-refractivity contribution in [2.75, 3.05) is 13.1 Å². The molecule has 6 heteroatoms. The van der Waals surface area contributed by atoms with Crippen molar-refractivity contribution in [3.63, 3.8) is 0 Å². The summed E-state index contributed by atoms with van der Waals surface area (Å²) in [4.78, 5) is 25.6. The van der Waals surface area contributed by atoms with Gasteiger partial charge in [-0.25, -0.2) is 0 Å². The number of aliphatic carboxylic acids is 1. The summed E-state index contributed by atoms with van der Waals surface area (Å²) in [6.45, 7) is 2.68. The molecular weight excluding hydrogens is 313 g/mol. The SMILES string of the molecule is CCC1(C(=O)O)CCN(C(=O)c2c(Cl)cccc2Cl)CC1. The average molecular weight is 330 g/mol.